The van der Waals surface area contributed by atoms with E-state index in [1.165, 1.54) is 13.8 Å². The Morgan fingerprint density at radius 1 is 1.17 bits per heavy atom. The van der Waals surface area contributed by atoms with Crippen molar-refractivity contribution in [3.63, 3.8) is 0 Å². The lowest BCUT2D eigenvalue weighted by atomic mass is 10.00. The van der Waals surface area contributed by atoms with Crippen molar-refractivity contribution in [1.29, 1.82) is 0 Å². The molecule has 0 heterocycles. The molecule has 1 atom stereocenters. The van der Waals surface area contributed by atoms with Gasteiger partial charge in [0.05, 0.1) is 10.1 Å². The topological polar surface area (TPSA) is 34.1 Å². The summed E-state index contributed by atoms with van der Waals surface area (Å²) in [6.45, 7) is 2.50. The third-order valence-electron chi connectivity index (χ3n) is 2.86. The SMILES string of the molecule is CC(C)(C(Cl)c1c(F)cc(F)cc1F)S(C)(=O)=O. The molecular weight excluding hydrogens is 289 g/mol. The van der Waals surface area contributed by atoms with Crippen molar-refractivity contribution in [3.05, 3.63) is 35.1 Å². The Morgan fingerprint density at radius 2 is 1.56 bits per heavy atom. The Kier molecular flexibility index (Phi) is 4.03. The van der Waals surface area contributed by atoms with Gasteiger partial charge in [-0.05, 0) is 13.8 Å². The Balaban J connectivity index is 3.41. The van der Waals surface area contributed by atoms with Crippen LogP contribution in [-0.4, -0.2) is 19.4 Å². The van der Waals surface area contributed by atoms with Crippen LogP contribution in [-0.2, 0) is 9.84 Å². The number of rotatable bonds is 3. The summed E-state index contributed by atoms with van der Waals surface area (Å²) in [6, 6.07) is 0.929. The summed E-state index contributed by atoms with van der Waals surface area (Å²) in [5, 5.41) is -1.46. The van der Waals surface area contributed by atoms with Crippen LogP contribution in [0.5, 0.6) is 0 Å². The zero-order valence-electron chi connectivity index (χ0n) is 9.97. The lowest BCUT2D eigenvalue weighted by Crippen LogP contribution is -2.36. The van der Waals surface area contributed by atoms with E-state index in [1.54, 1.807) is 0 Å². The van der Waals surface area contributed by atoms with Crippen molar-refractivity contribution in [3.8, 4) is 0 Å². The van der Waals surface area contributed by atoms with Crippen LogP contribution in [0, 0.1) is 17.5 Å². The van der Waals surface area contributed by atoms with Gasteiger partial charge < -0.3 is 0 Å². The van der Waals surface area contributed by atoms with Crippen LogP contribution in [0.25, 0.3) is 0 Å². The van der Waals surface area contributed by atoms with Crippen molar-refractivity contribution >= 4 is 21.4 Å². The van der Waals surface area contributed by atoms with Crippen molar-refractivity contribution < 1.29 is 21.6 Å². The first kappa shape index (κ1) is 15.3. The molecule has 0 bridgehead atoms. The number of sulfone groups is 1. The molecule has 0 saturated carbocycles. The monoisotopic (exact) mass is 300 g/mol. The minimum Gasteiger partial charge on any atom is -0.229 e. The van der Waals surface area contributed by atoms with Crippen LogP contribution >= 0.6 is 11.6 Å². The molecule has 0 amide bonds. The van der Waals surface area contributed by atoms with Crippen LogP contribution in [0.4, 0.5) is 13.2 Å². The average Bonchev–Trinajstić information content (AvgIpc) is 2.13. The number of hydrogen-bond donors (Lipinski definition) is 0. The second-order valence-corrected chi connectivity index (χ2v) is 7.55. The molecule has 0 saturated heterocycles. The molecule has 1 rings (SSSR count). The summed E-state index contributed by atoms with van der Waals surface area (Å²) in [6.07, 6.45) is 0.918. The largest absolute Gasteiger partial charge is 0.229 e. The summed E-state index contributed by atoms with van der Waals surface area (Å²) in [5.74, 6) is -3.50. The fourth-order valence-electron chi connectivity index (χ4n) is 1.33. The van der Waals surface area contributed by atoms with Crippen molar-refractivity contribution in [2.45, 2.75) is 24.0 Å². The highest BCUT2D eigenvalue weighted by atomic mass is 35.5. The molecule has 7 heteroatoms. The summed E-state index contributed by atoms with van der Waals surface area (Å²) >= 11 is 5.86. The second-order valence-electron chi connectivity index (χ2n) is 4.52. The first-order chi connectivity index (χ1) is 7.98. The van der Waals surface area contributed by atoms with Gasteiger partial charge >= 0.3 is 0 Å². The number of alkyl halides is 1. The van der Waals surface area contributed by atoms with Gasteiger partial charge in [-0.1, -0.05) is 0 Å². The van der Waals surface area contributed by atoms with E-state index in [2.05, 4.69) is 0 Å². The summed E-state index contributed by atoms with van der Waals surface area (Å²) in [5.41, 5.74) is -0.645. The maximum absolute atomic E-state index is 13.5. The van der Waals surface area contributed by atoms with Crippen molar-refractivity contribution in [1.82, 2.24) is 0 Å². The molecule has 1 aromatic rings. The van der Waals surface area contributed by atoms with E-state index in [0.29, 0.717) is 12.1 Å². The zero-order chi connectivity index (χ0) is 14.3. The fraction of sp³-hybridized carbons (Fsp3) is 0.455. The predicted molar refractivity (Wildman–Crippen MR) is 63.8 cm³/mol. The summed E-state index contributed by atoms with van der Waals surface area (Å²) in [4.78, 5) is 0. The molecule has 0 N–H and O–H groups in total. The first-order valence-electron chi connectivity index (χ1n) is 4.96. The zero-order valence-corrected chi connectivity index (χ0v) is 11.5. The van der Waals surface area contributed by atoms with Crippen molar-refractivity contribution in [2.24, 2.45) is 0 Å². The molecule has 0 aromatic heterocycles. The van der Waals surface area contributed by atoms with E-state index >= 15 is 0 Å². The third-order valence-corrected chi connectivity index (χ3v) is 5.90. The highest BCUT2D eigenvalue weighted by Gasteiger charge is 2.41. The lowest BCUT2D eigenvalue weighted by molar-refractivity contribution is 0.493. The lowest BCUT2D eigenvalue weighted by Gasteiger charge is -2.28. The molecule has 18 heavy (non-hydrogen) atoms. The minimum atomic E-state index is -3.65. The van der Waals surface area contributed by atoms with Crippen LogP contribution in [0.2, 0.25) is 0 Å². The first-order valence-corrected chi connectivity index (χ1v) is 7.29. The molecule has 102 valence electrons. The molecule has 1 aromatic carbocycles. The molecule has 0 aliphatic heterocycles. The molecule has 0 aliphatic rings. The Labute approximate surface area is 109 Å². The maximum atomic E-state index is 13.5. The van der Waals surface area contributed by atoms with Gasteiger partial charge in [-0.3, -0.25) is 0 Å². The quantitative estimate of drug-likeness (QED) is 0.803. The van der Waals surface area contributed by atoms with Crippen LogP contribution in [0.1, 0.15) is 24.8 Å². The average molecular weight is 301 g/mol. The van der Waals surface area contributed by atoms with E-state index in [0.717, 1.165) is 6.26 Å². The number of halogens is 4. The standard InChI is InChI=1S/C11H12ClF3O2S/c1-11(2,18(3,16)17)10(12)9-7(14)4-6(13)5-8(9)15/h4-5,10H,1-3H3. The van der Waals surface area contributed by atoms with E-state index in [-0.39, 0.29) is 0 Å². The third kappa shape index (κ3) is 2.64. The van der Waals surface area contributed by atoms with Gasteiger partial charge in [0.15, 0.2) is 9.84 Å². The van der Waals surface area contributed by atoms with Crippen molar-refractivity contribution in [2.75, 3.05) is 6.26 Å². The molecule has 1 unspecified atom stereocenters. The molecule has 0 radical (unpaired) electrons. The number of hydrogen-bond acceptors (Lipinski definition) is 2. The Morgan fingerprint density at radius 3 is 1.89 bits per heavy atom. The van der Waals surface area contributed by atoms with Gasteiger partial charge in [0.1, 0.15) is 17.5 Å². The summed E-state index contributed by atoms with van der Waals surface area (Å²) in [7, 11) is -3.65. The van der Waals surface area contributed by atoms with E-state index in [1.807, 2.05) is 0 Å². The predicted octanol–water partition coefficient (Wildman–Crippen LogP) is 3.21. The fourth-order valence-corrected chi connectivity index (χ4v) is 2.52. The van der Waals surface area contributed by atoms with E-state index < -0.39 is 43.0 Å². The van der Waals surface area contributed by atoms with Crippen LogP contribution in [0.15, 0.2) is 12.1 Å². The van der Waals surface area contributed by atoms with Crippen LogP contribution in [0.3, 0.4) is 0 Å². The highest BCUT2D eigenvalue weighted by Crippen LogP contribution is 2.39. The van der Waals surface area contributed by atoms with Gasteiger partial charge in [-0.25, -0.2) is 21.6 Å². The van der Waals surface area contributed by atoms with Gasteiger partial charge in [-0.15, -0.1) is 11.6 Å². The minimum absolute atomic E-state index is 0.464. The normalized spacial score (nSPS) is 14.6. The molecule has 0 fully saturated rings. The van der Waals surface area contributed by atoms with Gasteiger partial charge in [-0.2, -0.15) is 0 Å². The van der Waals surface area contributed by atoms with E-state index in [4.69, 9.17) is 11.6 Å². The Bertz CT molecular complexity index is 547. The smallest absolute Gasteiger partial charge is 0.154 e. The number of benzene rings is 1. The molecule has 0 spiro atoms. The molecule has 2 nitrogen and oxygen atoms in total. The Hall–Kier alpha value is -0.750. The van der Waals surface area contributed by atoms with Gasteiger partial charge in [0, 0.05) is 24.0 Å². The highest BCUT2D eigenvalue weighted by molar-refractivity contribution is 7.92. The molecular formula is C11H12ClF3O2S. The van der Waals surface area contributed by atoms with Crippen LogP contribution < -0.4 is 0 Å². The van der Waals surface area contributed by atoms with E-state index in [9.17, 15) is 21.6 Å². The summed E-state index contributed by atoms with van der Waals surface area (Å²) < 4.78 is 61.3. The van der Waals surface area contributed by atoms with Gasteiger partial charge in [0.2, 0.25) is 0 Å². The maximum Gasteiger partial charge on any atom is 0.154 e. The van der Waals surface area contributed by atoms with Gasteiger partial charge in [0.25, 0.3) is 0 Å². The molecule has 0 aliphatic carbocycles. The second kappa shape index (κ2) is 4.74.